The molecule has 13 nitrogen and oxygen atoms in total. The van der Waals surface area contributed by atoms with Crippen molar-refractivity contribution in [3.05, 3.63) is 12.1 Å². The lowest BCUT2D eigenvalue weighted by atomic mass is 9.99. The maximum atomic E-state index is 10.3. The molecular formula is C20H30O13. The van der Waals surface area contributed by atoms with Crippen LogP contribution in [0.4, 0.5) is 0 Å². The summed E-state index contributed by atoms with van der Waals surface area (Å²) in [6, 6.07) is 2.91. The van der Waals surface area contributed by atoms with Gasteiger partial charge in [-0.05, 0) is 0 Å². The van der Waals surface area contributed by atoms with E-state index < -0.39 is 61.9 Å². The second-order valence-electron chi connectivity index (χ2n) is 7.71. The van der Waals surface area contributed by atoms with Crippen molar-refractivity contribution in [2.75, 3.05) is 41.2 Å². The molecule has 0 bridgehead atoms. The normalized spacial score (nSPS) is 36.5. The highest BCUT2D eigenvalue weighted by molar-refractivity contribution is 5.55. The third-order valence-electron chi connectivity index (χ3n) is 5.56. The molecule has 2 aliphatic rings. The van der Waals surface area contributed by atoms with E-state index in [2.05, 4.69) is 0 Å². The third-order valence-corrected chi connectivity index (χ3v) is 5.56. The van der Waals surface area contributed by atoms with Crippen LogP contribution in [0.1, 0.15) is 0 Å². The molecule has 188 valence electrons. The summed E-state index contributed by atoms with van der Waals surface area (Å²) in [5, 5.41) is 60.2. The Morgan fingerprint density at radius 2 is 1.58 bits per heavy atom. The lowest BCUT2D eigenvalue weighted by molar-refractivity contribution is -0.289. The van der Waals surface area contributed by atoms with E-state index in [1.165, 1.54) is 33.5 Å². The summed E-state index contributed by atoms with van der Waals surface area (Å²) < 4.78 is 37.5. The molecule has 2 aliphatic heterocycles. The highest BCUT2D eigenvalue weighted by atomic mass is 16.7. The number of methoxy groups -OCH3 is 3. The van der Waals surface area contributed by atoms with Crippen LogP contribution < -0.4 is 18.9 Å². The van der Waals surface area contributed by atoms with E-state index in [9.17, 15) is 30.6 Å². The Balaban J connectivity index is 1.71. The van der Waals surface area contributed by atoms with Crippen molar-refractivity contribution in [1.82, 2.24) is 0 Å². The molecule has 2 saturated heterocycles. The molecule has 0 spiro atoms. The molecule has 0 aliphatic carbocycles. The minimum absolute atomic E-state index is 0.152. The fraction of sp³-hybridized carbons (Fsp3) is 0.700. The predicted octanol–water partition coefficient (Wildman–Crippen LogP) is -2.64. The first-order valence-corrected chi connectivity index (χ1v) is 10.1. The Kier molecular flexibility index (Phi) is 8.21. The maximum absolute atomic E-state index is 10.3. The van der Waals surface area contributed by atoms with Crippen LogP contribution >= 0.6 is 0 Å². The molecule has 0 saturated carbocycles. The standard InChI is InChI=1S/C20H30O13/c1-27-10-4-9(5-11(28-2)16(10)29-3)32-18-15(24)14(23)13(22)12(33-18)6-30-19-17(25)20(26,7-21)8-31-19/h4-5,12-15,17-19,21-26H,6-8H2,1-3H3/t12-,13-,14+,15-,17-,18-,19-,20?/m1/s1. The summed E-state index contributed by atoms with van der Waals surface area (Å²) in [6.07, 6.45) is -10.3. The minimum atomic E-state index is -1.88. The Bertz CT molecular complexity index is 766. The summed E-state index contributed by atoms with van der Waals surface area (Å²) in [4.78, 5) is 0. The Labute approximate surface area is 189 Å². The van der Waals surface area contributed by atoms with Crippen LogP contribution in [0.25, 0.3) is 0 Å². The molecule has 1 aromatic rings. The number of hydrogen-bond acceptors (Lipinski definition) is 13. The number of hydrogen-bond donors (Lipinski definition) is 6. The van der Waals surface area contributed by atoms with Crippen molar-refractivity contribution in [3.63, 3.8) is 0 Å². The fourth-order valence-corrected chi connectivity index (χ4v) is 3.54. The molecule has 1 unspecified atom stereocenters. The van der Waals surface area contributed by atoms with Gasteiger partial charge in [0.1, 0.15) is 41.9 Å². The molecule has 8 atom stereocenters. The van der Waals surface area contributed by atoms with Crippen molar-refractivity contribution in [1.29, 1.82) is 0 Å². The molecule has 0 radical (unpaired) electrons. The second kappa shape index (κ2) is 10.5. The topological polar surface area (TPSA) is 186 Å². The maximum Gasteiger partial charge on any atom is 0.229 e. The number of aliphatic hydroxyl groups excluding tert-OH is 5. The van der Waals surface area contributed by atoms with E-state index in [1.54, 1.807) is 0 Å². The summed E-state index contributed by atoms with van der Waals surface area (Å²) >= 11 is 0. The van der Waals surface area contributed by atoms with E-state index >= 15 is 0 Å². The van der Waals surface area contributed by atoms with Crippen LogP contribution in [0.3, 0.4) is 0 Å². The highest BCUT2D eigenvalue weighted by Crippen LogP contribution is 2.41. The van der Waals surface area contributed by atoms with Crippen molar-refractivity contribution in [2.45, 2.75) is 48.7 Å². The first kappa shape index (κ1) is 25.7. The fourth-order valence-electron chi connectivity index (χ4n) is 3.54. The van der Waals surface area contributed by atoms with Gasteiger partial charge < -0.3 is 63.8 Å². The second-order valence-corrected chi connectivity index (χ2v) is 7.71. The van der Waals surface area contributed by atoms with E-state index in [0.29, 0.717) is 5.75 Å². The van der Waals surface area contributed by atoms with Crippen molar-refractivity contribution >= 4 is 0 Å². The molecule has 2 heterocycles. The number of ether oxygens (including phenoxy) is 7. The summed E-state index contributed by atoms with van der Waals surface area (Å²) in [5.41, 5.74) is -1.88. The lowest BCUT2D eigenvalue weighted by Crippen LogP contribution is -2.60. The zero-order chi connectivity index (χ0) is 24.3. The van der Waals surface area contributed by atoms with Crippen LogP contribution in [0, 0.1) is 0 Å². The van der Waals surface area contributed by atoms with Crippen LogP contribution in [0.15, 0.2) is 12.1 Å². The average Bonchev–Trinajstić information content (AvgIpc) is 3.11. The highest BCUT2D eigenvalue weighted by Gasteiger charge is 2.50. The van der Waals surface area contributed by atoms with Crippen LogP contribution in [-0.4, -0.2) is 120 Å². The smallest absolute Gasteiger partial charge is 0.229 e. The van der Waals surface area contributed by atoms with Gasteiger partial charge >= 0.3 is 0 Å². The third kappa shape index (κ3) is 5.11. The van der Waals surface area contributed by atoms with Gasteiger partial charge in [0.25, 0.3) is 0 Å². The van der Waals surface area contributed by atoms with Gasteiger partial charge in [0.15, 0.2) is 17.8 Å². The predicted molar refractivity (Wildman–Crippen MR) is 107 cm³/mol. The molecule has 1 aromatic carbocycles. The van der Waals surface area contributed by atoms with Gasteiger partial charge in [0, 0.05) is 12.1 Å². The number of aliphatic hydroxyl groups is 6. The van der Waals surface area contributed by atoms with Gasteiger partial charge in [-0.1, -0.05) is 0 Å². The van der Waals surface area contributed by atoms with E-state index in [4.69, 9.17) is 33.2 Å². The molecular weight excluding hydrogens is 448 g/mol. The molecule has 13 heteroatoms. The molecule has 3 rings (SSSR count). The Morgan fingerprint density at radius 1 is 0.939 bits per heavy atom. The number of rotatable bonds is 9. The van der Waals surface area contributed by atoms with E-state index in [0.717, 1.165) is 0 Å². The zero-order valence-corrected chi connectivity index (χ0v) is 18.4. The van der Waals surface area contributed by atoms with Crippen LogP contribution in [-0.2, 0) is 14.2 Å². The largest absolute Gasteiger partial charge is 0.493 e. The van der Waals surface area contributed by atoms with Gasteiger partial charge in [0.2, 0.25) is 12.0 Å². The van der Waals surface area contributed by atoms with Crippen LogP contribution in [0.5, 0.6) is 23.0 Å². The molecule has 0 aromatic heterocycles. The molecule has 6 N–H and O–H groups in total. The van der Waals surface area contributed by atoms with Crippen molar-refractivity contribution in [3.8, 4) is 23.0 Å². The first-order valence-electron chi connectivity index (χ1n) is 10.1. The molecule has 2 fully saturated rings. The van der Waals surface area contributed by atoms with Gasteiger partial charge in [-0.15, -0.1) is 0 Å². The number of benzene rings is 1. The van der Waals surface area contributed by atoms with Gasteiger partial charge in [0.05, 0.1) is 41.2 Å². The molecule has 33 heavy (non-hydrogen) atoms. The van der Waals surface area contributed by atoms with E-state index in [1.807, 2.05) is 0 Å². The van der Waals surface area contributed by atoms with Gasteiger partial charge in [-0.3, -0.25) is 0 Å². The summed E-state index contributed by atoms with van der Waals surface area (Å²) in [7, 11) is 4.26. The summed E-state index contributed by atoms with van der Waals surface area (Å²) in [5.74, 6) is 1.03. The summed E-state index contributed by atoms with van der Waals surface area (Å²) in [6.45, 7) is -1.51. The van der Waals surface area contributed by atoms with Crippen molar-refractivity contribution in [2.24, 2.45) is 0 Å². The Morgan fingerprint density at radius 3 is 2.09 bits per heavy atom. The first-order chi connectivity index (χ1) is 15.7. The van der Waals surface area contributed by atoms with Crippen molar-refractivity contribution < 1.29 is 63.8 Å². The molecule has 0 amide bonds. The minimum Gasteiger partial charge on any atom is -0.493 e. The monoisotopic (exact) mass is 478 g/mol. The van der Waals surface area contributed by atoms with Gasteiger partial charge in [-0.25, -0.2) is 0 Å². The van der Waals surface area contributed by atoms with Gasteiger partial charge in [-0.2, -0.15) is 0 Å². The van der Waals surface area contributed by atoms with E-state index in [-0.39, 0.29) is 23.9 Å². The van der Waals surface area contributed by atoms with Crippen LogP contribution in [0.2, 0.25) is 0 Å². The quantitative estimate of drug-likeness (QED) is 0.216. The average molecular weight is 478 g/mol. The lowest BCUT2D eigenvalue weighted by Gasteiger charge is -2.40. The SMILES string of the molecule is COc1cc(O[C@@H]2O[C@H](CO[C@@H]3OCC(O)(CO)[C@@H]3O)[C@@H](O)[C@H](O)[C@H]2O)cc(OC)c1OC. The zero-order valence-electron chi connectivity index (χ0n) is 18.4. The Hall–Kier alpha value is -1.94.